The van der Waals surface area contributed by atoms with E-state index in [1.165, 1.54) is 58.0 Å². The molecule has 0 spiro atoms. The number of nitrogens with zero attached hydrogens (tertiary/aromatic N) is 1. The number of ether oxygens (including phenoxy) is 1. The molecule has 0 aromatic carbocycles. The molecular formula is C17H32N2O. The van der Waals surface area contributed by atoms with Gasteiger partial charge < -0.3 is 10.1 Å². The van der Waals surface area contributed by atoms with E-state index in [-0.39, 0.29) is 0 Å². The molecule has 2 saturated carbocycles. The van der Waals surface area contributed by atoms with Gasteiger partial charge in [-0.15, -0.1) is 0 Å². The molecular weight excluding hydrogens is 248 g/mol. The first-order chi connectivity index (χ1) is 9.71. The smallest absolute Gasteiger partial charge is 0.0674 e. The Morgan fingerprint density at radius 3 is 2.65 bits per heavy atom. The Morgan fingerprint density at radius 2 is 2.00 bits per heavy atom. The lowest BCUT2D eigenvalue weighted by Crippen LogP contribution is -2.53. The lowest BCUT2D eigenvalue weighted by atomic mass is 9.84. The molecule has 0 bridgehead atoms. The maximum Gasteiger partial charge on any atom is 0.0674 e. The van der Waals surface area contributed by atoms with Crippen molar-refractivity contribution in [3.8, 4) is 0 Å². The van der Waals surface area contributed by atoms with E-state index < -0.39 is 0 Å². The second-order valence-corrected chi connectivity index (χ2v) is 7.50. The van der Waals surface area contributed by atoms with Gasteiger partial charge in [-0.2, -0.15) is 0 Å². The summed E-state index contributed by atoms with van der Waals surface area (Å²) >= 11 is 0. The molecule has 1 N–H and O–H groups in total. The minimum absolute atomic E-state index is 0.410. The normalized spacial score (nSPS) is 34.5. The van der Waals surface area contributed by atoms with Crippen molar-refractivity contribution in [1.82, 2.24) is 10.2 Å². The molecule has 3 heteroatoms. The predicted molar refractivity (Wildman–Crippen MR) is 83.0 cm³/mol. The zero-order valence-electron chi connectivity index (χ0n) is 13.4. The van der Waals surface area contributed by atoms with Crippen LogP contribution in [0, 0.1) is 5.41 Å². The Labute approximate surface area is 124 Å². The van der Waals surface area contributed by atoms with E-state index in [2.05, 4.69) is 24.1 Å². The minimum atomic E-state index is 0.410. The van der Waals surface area contributed by atoms with Crippen LogP contribution in [0.25, 0.3) is 0 Å². The number of hydrogen-bond acceptors (Lipinski definition) is 3. The molecule has 20 heavy (non-hydrogen) atoms. The summed E-state index contributed by atoms with van der Waals surface area (Å²) < 4.78 is 5.86. The van der Waals surface area contributed by atoms with Gasteiger partial charge in [0.05, 0.1) is 12.7 Å². The molecule has 0 radical (unpaired) electrons. The third kappa shape index (κ3) is 3.55. The molecule has 116 valence electrons. The van der Waals surface area contributed by atoms with Crippen molar-refractivity contribution in [1.29, 1.82) is 0 Å². The highest BCUT2D eigenvalue weighted by Gasteiger charge is 2.39. The second kappa shape index (κ2) is 6.33. The first kappa shape index (κ1) is 14.8. The first-order valence-corrected chi connectivity index (χ1v) is 8.80. The fourth-order valence-corrected chi connectivity index (χ4v) is 4.08. The average Bonchev–Trinajstić information content (AvgIpc) is 3.17. The monoisotopic (exact) mass is 280 g/mol. The van der Waals surface area contributed by atoms with Crippen molar-refractivity contribution < 1.29 is 4.74 Å². The van der Waals surface area contributed by atoms with Crippen molar-refractivity contribution in [2.75, 3.05) is 26.2 Å². The predicted octanol–water partition coefficient (Wildman–Crippen LogP) is 2.80. The molecule has 2 unspecified atom stereocenters. The van der Waals surface area contributed by atoms with Gasteiger partial charge >= 0.3 is 0 Å². The van der Waals surface area contributed by atoms with Crippen molar-refractivity contribution in [2.24, 2.45) is 5.41 Å². The van der Waals surface area contributed by atoms with E-state index in [4.69, 9.17) is 4.74 Å². The number of nitrogens with one attached hydrogen (secondary N) is 1. The van der Waals surface area contributed by atoms with Crippen LogP contribution in [-0.2, 0) is 4.74 Å². The molecule has 3 nitrogen and oxygen atoms in total. The number of hydrogen-bond donors (Lipinski definition) is 1. The molecule has 1 saturated heterocycles. The summed E-state index contributed by atoms with van der Waals surface area (Å²) in [6, 6.07) is 1.49. The summed E-state index contributed by atoms with van der Waals surface area (Å²) in [5.74, 6) is 0. The third-order valence-corrected chi connectivity index (χ3v) is 5.60. The molecule has 0 amide bonds. The lowest BCUT2D eigenvalue weighted by Gasteiger charge is -2.43. The van der Waals surface area contributed by atoms with Crippen LogP contribution in [0.5, 0.6) is 0 Å². The van der Waals surface area contributed by atoms with E-state index in [1.807, 2.05) is 0 Å². The minimum Gasteiger partial charge on any atom is -0.376 e. The van der Waals surface area contributed by atoms with Crippen LogP contribution >= 0.6 is 0 Å². The van der Waals surface area contributed by atoms with Gasteiger partial charge in [-0.1, -0.05) is 19.8 Å². The summed E-state index contributed by atoms with van der Waals surface area (Å²) in [6.07, 6.45) is 10.2. The van der Waals surface area contributed by atoms with E-state index in [0.717, 1.165) is 19.2 Å². The molecule has 1 heterocycles. The Kier molecular flexibility index (Phi) is 4.68. The Bertz CT molecular complexity index is 310. The van der Waals surface area contributed by atoms with Crippen LogP contribution < -0.4 is 5.32 Å². The van der Waals surface area contributed by atoms with Crippen LogP contribution in [0.2, 0.25) is 0 Å². The summed E-state index contributed by atoms with van der Waals surface area (Å²) in [5.41, 5.74) is 0.549. The van der Waals surface area contributed by atoms with Crippen LogP contribution in [0.4, 0.5) is 0 Å². The van der Waals surface area contributed by atoms with Crippen LogP contribution in [-0.4, -0.2) is 49.3 Å². The number of morpholine rings is 1. The van der Waals surface area contributed by atoms with E-state index >= 15 is 0 Å². The van der Waals surface area contributed by atoms with Crippen molar-refractivity contribution in [2.45, 2.75) is 77.0 Å². The van der Waals surface area contributed by atoms with Crippen molar-refractivity contribution in [3.05, 3.63) is 0 Å². The van der Waals surface area contributed by atoms with E-state index in [1.54, 1.807) is 0 Å². The van der Waals surface area contributed by atoms with Gasteiger partial charge in [0.2, 0.25) is 0 Å². The van der Waals surface area contributed by atoms with Gasteiger partial charge in [0.25, 0.3) is 0 Å². The molecule has 2 atom stereocenters. The quantitative estimate of drug-likeness (QED) is 0.810. The number of rotatable bonds is 6. The van der Waals surface area contributed by atoms with Gasteiger partial charge in [-0.3, -0.25) is 4.90 Å². The molecule has 3 rings (SSSR count). The standard InChI is InChI=1S/C17H32N2O/c1-3-16-11-20-14(2)10-19(16)13-17(8-4-5-9-17)12-18-15-6-7-15/h14-16,18H,3-13H2,1-2H3. The zero-order chi connectivity index (χ0) is 14.0. The lowest BCUT2D eigenvalue weighted by molar-refractivity contribution is -0.0689. The fourth-order valence-electron chi connectivity index (χ4n) is 4.08. The van der Waals surface area contributed by atoms with Crippen molar-refractivity contribution >= 4 is 0 Å². The van der Waals surface area contributed by atoms with Crippen LogP contribution in [0.3, 0.4) is 0 Å². The second-order valence-electron chi connectivity index (χ2n) is 7.50. The summed E-state index contributed by atoms with van der Waals surface area (Å²) in [7, 11) is 0. The van der Waals surface area contributed by atoms with Gasteiger partial charge in [0.1, 0.15) is 0 Å². The average molecular weight is 280 g/mol. The van der Waals surface area contributed by atoms with Crippen molar-refractivity contribution in [3.63, 3.8) is 0 Å². The third-order valence-electron chi connectivity index (χ3n) is 5.60. The largest absolute Gasteiger partial charge is 0.376 e. The highest BCUT2D eigenvalue weighted by atomic mass is 16.5. The maximum absolute atomic E-state index is 5.86. The first-order valence-electron chi connectivity index (χ1n) is 8.80. The highest BCUT2D eigenvalue weighted by Crippen LogP contribution is 2.40. The van der Waals surface area contributed by atoms with Crippen LogP contribution in [0.1, 0.15) is 58.8 Å². The van der Waals surface area contributed by atoms with E-state index in [0.29, 0.717) is 17.6 Å². The molecule has 2 aliphatic carbocycles. The summed E-state index contributed by atoms with van der Waals surface area (Å²) in [4.78, 5) is 2.74. The summed E-state index contributed by atoms with van der Waals surface area (Å²) in [6.45, 7) is 9.13. The Hall–Kier alpha value is -0.120. The molecule has 1 aliphatic heterocycles. The van der Waals surface area contributed by atoms with Gasteiger partial charge in [0.15, 0.2) is 0 Å². The SMILES string of the molecule is CCC1COC(C)CN1CC1(CNC2CC2)CCCC1. The molecule has 3 fully saturated rings. The Balaban J connectivity index is 1.61. The van der Waals surface area contributed by atoms with E-state index in [9.17, 15) is 0 Å². The van der Waals surface area contributed by atoms with Gasteiger partial charge in [-0.25, -0.2) is 0 Å². The fraction of sp³-hybridized carbons (Fsp3) is 1.00. The highest BCUT2D eigenvalue weighted by molar-refractivity contribution is 4.94. The molecule has 3 aliphatic rings. The van der Waals surface area contributed by atoms with Gasteiger partial charge in [-0.05, 0) is 44.4 Å². The summed E-state index contributed by atoms with van der Waals surface area (Å²) in [5, 5.41) is 3.82. The molecule has 0 aromatic rings. The maximum atomic E-state index is 5.86. The topological polar surface area (TPSA) is 24.5 Å². The zero-order valence-corrected chi connectivity index (χ0v) is 13.4. The molecule has 0 aromatic heterocycles. The van der Waals surface area contributed by atoms with Gasteiger partial charge in [0, 0.05) is 31.7 Å². The van der Waals surface area contributed by atoms with Crippen LogP contribution in [0.15, 0.2) is 0 Å². The Morgan fingerprint density at radius 1 is 1.25 bits per heavy atom.